The summed E-state index contributed by atoms with van der Waals surface area (Å²) in [5, 5.41) is 1.74. The van der Waals surface area contributed by atoms with E-state index in [1.165, 1.54) is 15.6 Å². The Morgan fingerprint density at radius 2 is 1.73 bits per heavy atom. The smallest absolute Gasteiger partial charge is 0.254 e. The fraction of sp³-hybridized carbons (Fsp3) is 0.353. The first-order valence-electron chi connectivity index (χ1n) is 8.28. The van der Waals surface area contributed by atoms with Crippen molar-refractivity contribution in [3.63, 3.8) is 0 Å². The van der Waals surface area contributed by atoms with Gasteiger partial charge in [0.15, 0.2) is 11.5 Å². The number of rotatable bonds is 3. The fourth-order valence-corrected chi connectivity index (χ4v) is 5.59. The van der Waals surface area contributed by atoms with E-state index in [1.807, 2.05) is 0 Å². The van der Waals surface area contributed by atoms with Crippen LogP contribution in [0.15, 0.2) is 39.9 Å². The van der Waals surface area contributed by atoms with E-state index in [4.69, 9.17) is 9.47 Å². The molecular weight excluding hydrogens is 376 g/mol. The van der Waals surface area contributed by atoms with Crippen LogP contribution in [0.5, 0.6) is 11.5 Å². The Morgan fingerprint density at radius 1 is 1.00 bits per heavy atom. The van der Waals surface area contributed by atoms with Gasteiger partial charge in [0.1, 0.15) is 17.4 Å². The van der Waals surface area contributed by atoms with Crippen LogP contribution in [0.25, 0.3) is 0 Å². The predicted molar refractivity (Wildman–Crippen MR) is 96.4 cm³/mol. The van der Waals surface area contributed by atoms with Crippen molar-refractivity contribution in [1.29, 1.82) is 0 Å². The Kier molecular flexibility index (Phi) is 4.60. The number of hydrogen-bond acceptors (Lipinski definition) is 6. The van der Waals surface area contributed by atoms with Crippen LogP contribution in [0.2, 0.25) is 0 Å². The largest absolute Gasteiger partial charge is 0.486 e. The Hall–Kier alpha value is -2.10. The molecule has 0 aliphatic carbocycles. The number of nitrogens with zero attached hydrogens (tertiary/aromatic N) is 2. The SMILES string of the molecule is O=C(c1ccc2c(c1)OCCO2)N1CCN(S(=O)(=O)c2cccs2)CC1. The molecule has 1 aromatic heterocycles. The first kappa shape index (κ1) is 17.3. The number of carbonyl (C=O) groups is 1. The molecule has 4 rings (SSSR count). The quantitative estimate of drug-likeness (QED) is 0.792. The van der Waals surface area contributed by atoms with E-state index in [0.717, 1.165) is 0 Å². The lowest BCUT2D eigenvalue weighted by molar-refractivity contribution is 0.0697. The van der Waals surface area contributed by atoms with E-state index in [0.29, 0.717) is 47.6 Å². The van der Waals surface area contributed by atoms with Gasteiger partial charge >= 0.3 is 0 Å². The number of benzene rings is 1. The lowest BCUT2D eigenvalue weighted by Crippen LogP contribution is -2.50. The summed E-state index contributed by atoms with van der Waals surface area (Å²) in [4.78, 5) is 14.4. The van der Waals surface area contributed by atoms with E-state index in [1.54, 1.807) is 40.6 Å². The predicted octanol–water partition coefficient (Wildman–Crippen LogP) is 1.67. The van der Waals surface area contributed by atoms with Crippen molar-refractivity contribution >= 4 is 27.3 Å². The monoisotopic (exact) mass is 394 g/mol. The van der Waals surface area contributed by atoms with Crippen molar-refractivity contribution in [3.8, 4) is 11.5 Å². The van der Waals surface area contributed by atoms with E-state index in [-0.39, 0.29) is 19.0 Å². The highest BCUT2D eigenvalue weighted by atomic mass is 32.2. The van der Waals surface area contributed by atoms with Crippen molar-refractivity contribution in [3.05, 3.63) is 41.3 Å². The van der Waals surface area contributed by atoms with Crippen LogP contribution in [0, 0.1) is 0 Å². The molecule has 2 aliphatic heterocycles. The molecule has 1 fully saturated rings. The van der Waals surface area contributed by atoms with Crippen LogP contribution in [0.1, 0.15) is 10.4 Å². The summed E-state index contributed by atoms with van der Waals surface area (Å²) in [6, 6.07) is 8.46. The number of hydrogen-bond donors (Lipinski definition) is 0. The molecule has 0 N–H and O–H groups in total. The first-order chi connectivity index (χ1) is 12.6. The second-order valence-electron chi connectivity index (χ2n) is 5.99. The molecule has 0 saturated carbocycles. The second kappa shape index (κ2) is 6.90. The van der Waals surface area contributed by atoms with Gasteiger partial charge in [-0.1, -0.05) is 6.07 Å². The summed E-state index contributed by atoms with van der Waals surface area (Å²) >= 11 is 1.20. The maximum atomic E-state index is 12.7. The number of amides is 1. The molecule has 2 aliphatic rings. The second-order valence-corrected chi connectivity index (χ2v) is 9.10. The minimum Gasteiger partial charge on any atom is -0.486 e. The van der Waals surface area contributed by atoms with Gasteiger partial charge in [0.2, 0.25) is 0 Å². The van der Waals surface area contributed by atoms with Gasteiger partial charge < -0.3 is 14.4 Å². The standard InChI is InChI=1S/C17H18N2O5S2/c20-17(13-3-4-14-15(12-13)24-10-9-23-14)18-5-7-19(8-6-18)26(21,22)16-2-1-11-25-16/h1-4,11-12H,5-10H2. The zero-order chi connectivity index (χ0) is 18.1. The van der Waals surface area contributed by atoms with Crippen LogP contribution >= 0.6 is 11.3 Å². The summed E-state index contributed by atoms with van der Waals surface area (Å²) in [6.45, 7) is 2.26. The Balaban J connectivity index is 1.44. The van der Waals surface area contributed by atoms with Gasteiger partial charge in [-0.15, -0.1) is 11.3 Å². The normalized spacial score (nSPS) is 17.9. The molecule has 1 amide bonds. The van der Waals surface area contributed by atoms with Gasteiger partial charge in [-0.2, -0.15) is 4.31 Å². The number of carbonyl (C=O) groups excluding carboxylic acids is 1. The molecule has 138 valence electrons. The molecule has 0 spiro atoms. The average molecular weight is 394 g/mol. The van der Waals surface area contributed by atoms with Gasteiger partial charge in [0, 0.05) is 31.7 Å². The molecule has 0 radical (unpaired) electrons. The first-order valence-corrected chi connectivity index (χ1v) is 10.6. The third kappa shape index (κ3) is 3.17. The van der Waals surface area contributed by atoms with Crippen LogP contribution in [-0.4, -0.2) is 62.9 Å². The van der Waals surface area contributed by atoms with E-state index in [2.05, 4.69) is 0 Å². The van der Waals surface area contributed by atoms with Gasteiger partial charge in [-0.25, -0.2) is 8.42 Å². The number of ether oxygens (including phenoxy) is 2. The Labute approximate surface area is 155 Å². The molecular formula is C17H18N2O5S2. The Bertz CT molecular complexity index is 903. The van der Waals surface area contributed by atoms with Crippen molar-refractivity contribution in [2.45, 2.75) is 4.21 Å². The van der Waals surface area contributed by atoms with Crippen molar-refractivity contribution in [1.82, 2.24) is 9.21 Å². The summed E-state index contributed by atoms with van der Waals surface area (Å²) < 4.78 is 37.9. The zero-order valence-electron chi connectivity index (χ0n) is 14.0. The molecule has 9 heteroatoms. The van der Waals surface area contributed by atoms with E-state index < -0.39 is 10.0 Å². The molecule has 2 aromatic rings. The van der Waals surface area contributed by atoms with Crippen LogP contribution in [-0.2, 0) is 10.0 Å². The van der Waals surface area contributed by atoms with E-state index >= 15 is 0 Å². The molecule has 0 atom stereocenters. The topological polar surface area (TPSA) is 76.2 Å². The van der Waals surface area contributed by atoms with Crippen LogP contribution < -0.4 is 9.47 Å². The third-order valence-electron chi connectivity index (χ3n) is 4.40. The number of thiophene rings is 1. The average Bonchev–Trinajstić information content (AvgIpc) is 3.23. The van der Waals surface area contributed by atoms with Gasteiger partial charge in [0.05, 0.1) is 0 Å². The molecule has 0 unspecified atom stereocenters. The lowest BCUT2D eigenvalue weighted by Gasteiger charge is -2.33. The van der Waals surface area contributed by atoms with Crippen molar-refractivity contribution < 1.29 is 22.7 Å². The molecule has 26 heavy (non-hydrogen) atoms. The minimum atomic E-state index is -3.47. The highest BCUT2D eigenvalue weighted by molar-refractivity contribution is 7.91. The lowest BCUT2D eigenvalue weighted by atomic mass is 10.1. The Morgan fingerprint density at radius 3 is 2.42 bits per heavy atom. The number of piperazine rings is 1. The van der Waals surface area contributed by atoms with Crippen LogP contribution in [0.3, 0.4) is 0 Å². The van der Waals surface area contributed by atoms with Crippen LogP contribution in [0.4, 0.5) is 0 Å². The summed E-state index contributed by atoms with van der Waals surface area (Å²) in [7, 11) is -3.47. The van der Waals surface area contributed by atoms with E-state index in [9.17, 15) is 13.2 Å². The maximum Gasteiger partial charge on any atom is 0.254 e. The third-order valence-corrected chi connectivity index (χ3v) is 7.68. The summed E-state index contributed by atoms with van der Waals surface area (Å²) in [5.41, 5.74) is 0.517. The molecule has 1 saturated heterocycles. The van der Waals surface area contributed by atoms with Crippen molar-refractivity contribution in [2.24, 2.45) is 0 Å². The molecule has 7 nitrogen and oxygen atoms in total. The molecule has 1 aromatic carbocycles. The van der Waals surface area contributed by atoms with Gasteiger partial charge in [0.25, 0.3) is 15.9 Å². The highest BCUT2D eigenvalue weighted by Crippen LogP contribution is 2.31. The highest BCUT2D eigenvalue weighted by Gasteiger charge is 2.31. The maximum absolute atomic E-state index is 12.7. The minimum absolute atomic E-state index is 0.129. The fourth-order valence-electron chi connectivity index (χ4n) is 3.03. The number of sulfonamides is 1. The van der Waals surface area contributed by atoms with Gasteiger partial charge in [-0.05, 0) is 29.6 Å². The van der Waals surface area contributed by atoms with Gasteiger partial charge in [-0.3, -0.25) is 4.79 Å². The number of fused-ring (bicyclic) bond motifs is 1. The molecule has 0 bridgehead atoms. The summed E-state index contributed by atoms with van der Waals surface area (Å²) in [6.07, 6.45) is 0. The van der Waals surface area contributed by atoms with Crippen molar-refractivity contribution in [2.75, 3.05) is 39.4 Å². The molecule has 3 heterocycles. The zero-order valence-corrected chi connectivity index (χ0v) is 15.6. The summed E-state index contributed by atoms with van der Waals surface area (Å²) in [5.74, 6) is 1.08.